The maximum absolute atomic E-state index is 13.2. The van der Waals surface area contributed by atoms with Gasteiger partial charge in [-0.25, -0.2) is 12.8 Å². The predicted octanol–water partition coefficient (Wildman–Crippen LogP) is 2.93. The number of rotatable bonds is 5. The summed E-state index contributed by atoms with van der Waals surface area (Å²) >= 11 is 0. The first-order valence-corrected chi connectivity index (χ1v) is 10.0. The van der Waals surface area contributed by atoms with E-state index in [1.54, 1.807) is 24.3 Å². The summed E-state index contributed by atoms with van der Waals surface area (Å²) in [6, 6.07) is 12.0. The van der Waals surface area contributed by atoms with Crippen LogP contribution in [-0.2, 0) is 16.6 Å². The average molecular weight is 376 g/mol. The van der Waals surface area contributed by atoms with Gasteiger partial charge in [0, 0.05) is 25.2 Å². The van der Waals surface area contributed by atoms with Crippen LogP contribution in [0.1, 0.15) is 35.2 Å². The summed E-state index contributed by atoms with van der Waals surface area (Å²) in [6.07, 6.45) is 2.85. The molecule has 0 radical (unpaired) electrons. The van der Waals surface area contributed by atoms with Crippen LogP contribution in [0.4, 0.5) is 4.39 Å². The fraction of sp³-hybridized carbons (Fsp3) is 0.316. The molecule has 1 heterocycles. The molecule has 1 aliphatic rings. The quantitative estimate of drug-likeness (QED) is 0.873. The van der Waals surface area contributed by atoms with E-state index in [0.717, 1.165) is 24.8 Å². The lowest BCUT2D eigenvalue weighted by Gasteiger charge is -2.25. The average Bonchev–Trinajstić information content (AvgIpc) is 2.67. The van der Waals surface area contributed by atoms with Gasteiger partial charge in [0.25, 0.3) is 5.91 Å². The predicted molar refractivity (Wildman–Crippen MR) is 96.6 cm³/mol. The first-order chi connectivity index (χ1) is 12.5. The SMILES string of the molecule is O=C(NCc1ccc(S(=O)(=O)N2CCCCC2)cc1)c1cccc(F)c1. The molecule has 2 aromatic rings. The Labute approximate surface area is 152 Å². The van der Waals surface area contributed by atoms with Crippen molar-refractivity contribution in [3.05, 3.63) is 65.5 Å². The second-order valence-corrected chi connectivity index (χ2v) is 8.24. The summed E-state index contributed by atoms with van der Waals surface area (Å²) in [4.78, 5) is 12.3. The highest BCUT2D eigenvalue weighted by atomic mass is 32.2. The van der Waals surface area contributed by atoms with Crippen molar-refractivity contribution in [2.24, 2.45) is 0 Å². The molecule has 0 aliphatic carbocycles. The van der Waals surface area contributed by atoms with Crippen LogP contribution in [0.5, 0.6) is 0 Å². The fourth-order valence-corrected chi connectivity index (χ4v) is 4.46. The molecule has 3 rings (SSSR count). The van der Waals surface area contributed by atoms with Crippen molar-refractivity contribution < 1.29 is 17.6 Å². The number of nitrogens with zero attached hydrogens (tertiary/aromatic N) is 1. The monoisotopic (exact) mass is 376 g/mol. The van der Waals surface area contributed by atoms with Gasteiger partial charge in [-0.2, -0.15) is 4.31 Å². The van der Waals surface area contributed by atoms with E-state index < -0.39 is 15.8 Å². The van der Waals surface area contributed by atoms with Crippen molar-refractivity contribution in [3.8, 4) is 0 Å². The minimum absolute atomic E-state index is 0.236. The maximum atomic E-state index is 13.2. The van der Waals surface area contributed by atoms with Crippen molar-refractivity contribution in [1.29, 1.82) is 0 Å². The first kappa shape index (κ1) is 18.5. The van der Waals surface area contributed by atoms with Gasteiger partial charge < -0.3 is 5.32 Å². The van der Waals surface area contributed by atoms with Gasteiger partial charge in [0.15, 0.2) is 0 Å². The molecule has 138 valence electrons. The third kappa shape index (κ3) is 4.28. The molecule has 26 heavy (non-hydrogen) atoms. The zero-order chi connectivity index (χ0) is 18.6. The Morgan fingerprint density at radius 1 is 1.04 bits per heavy atom. The molecular weight excluding hydrogens is 355 g/mol. The zero-order valence-corrected chi connectivity index (χ0v) is 15.1. The molecular formula is C19H21FN2O3S. The summed E-state index contributed by atoms with van der Waals surface area (Å²) in [6.45, 7) is 1.36. The Morgan fingerprint density at radius 3 is 2.38 bits per heavy atom. The van der Waals surface area contributed by atoms with Gasteiger partial charge in [-0.3, -0.25) is 4.79 Å². The number of hydrogen-bond donors (Lipinski definition) is 1. The number of halogens is 1. The molecule has 0 atom stereocenters. The highest BCUT2D eigenvalue weighted by molar-refractivity contribution is 7.89. The fourth-order valence-electron chi connectivity index (χ4n) is 2.95. The third-order valence-corrected chi connectivity index (χ3v) is 6.33. The summed E-state index contributed by atoms with van der Waals surface area (Å²) in [5.74, 6) is -0.848. The van der Waals surface area contributed by atoms with E-state index >= 15 is 0 Å². The number of piperidine rings is 1. The van der Waals surface area contributed by atoms with E-state index in [1.807, 2.05) is 0 Å². The lowest BCUT2D eigenvalue weighted by molar-refractivity contribution is 0.0950. The Kier molecular flexibility index (Phi) is 5.68. The Bertz CT molecular complexity index is 876. The molecule has 1 amide bonds. The molecule has 0 saturated carbocycles. The van der Waals surface area contributed by atoms with Crippen LogP contribution in [-0.4, -0.2) is 31.7 Å². The summed E-state index contributed by atoms with van der Waals surface area (Å²) in [5, 5.41) is 2.70. The van der Waals surface area contributed by atoms with Gasteiger partial charge in [-0.1, -0.05) is 24.6 Å². The molecule has 5 nitrogen and oxygen atoms in total. The van der Waals surface area contributed by atoms with Gasteiger partial charge in [-0.05, 0) is 48.7 Å². The number of carbonyl (C=O) groups is 1. The zero-order valence-electron chi connectivity index (χ0n) is 14.3. The van der Waals surface area contributed by atoms with Crippen molar-refractivity contribution >= 4 is 15.9 Å². The molecule has 0 bridgehead atoms. The van der Waals surface area contributed by atoms with Crippen molar-refractivity contribution in [3.63, 3.8) is 0 Å². The van der Waals surface area contributed by atoms with Crippen LogP contribution < -0.4 is 5.32 Å². The molecule has 0 unspecified atom stereocenters. The van der Waals surface area contributed by atoms with Crippen LogP contribution in [0.25, 0.3) is 0 Å². The number of nitrogens with one attached hydrogen (secondary N) is 1. The standard InChI is InChI=1S/C19H21FN2O3S/c20-17-6-4-5-16(13-17)19(23)21-14-15-7-9-18(10-8-15)26(24,25)22-11-2-1-3-12-22/h4-10,13H,1-3,11-12,14H2,(H,21,23). The number of amides is 1. The lowest BCUT2D eigenvalue weighted by Crippen LogP contribution is -2.35. The van der Waals surface area contributed by atoms with Gasteiger partial charge in [0.1, 0.15) is 5.82 Å². The normalized spacial score (nSPS) is 15.6. The smallest absolute Gasteiger partial charge is 0.251 e. The third-order valence-electron chi connectivity index (χ3n) is 4.42. The maximum Gasteiger partial charge on any atom is 0.251 e. The number of hydrogen-bond acceptors (Lipinski definition) is 3. The summed E-state index contributed by atoms with van der Waals surface area (Å²) in [5.41, 5.74) is 1.02. The molecule has 0 spiro atoms. The Balaban J connectivity index is 1.63. The van der Waals surface area contributed by atoms with Crippen LogP contribution in [0.3, 0.4) is 0 Å². The highest BCUT2D eigenvalue weighted by Gasteiger charge is 2.25. The highest BCUT2D eigenvalue weighted by Crippen LogP contribution is 2.20. The lowest BCUT2D eigenvalue weighted by atomic mass is 10.2. The summed E-state index contributed by atoms with van der Waals surface area (Å²) < 4.78 is 39.9. The van der Waals surface area contributed by atoms with Crippen molar-refractivity contribution in [2.75, 3.05) is 13.1 Å². The van der Waals surface area contributed by atoms with Crippen molar-refractivity contribution in [1.82, 2.24) is 9.62 Å². The molecule has 1 aliphatic heterocycles. The molecule has 1 saturated heterocycles. The second kappa shape index (κ2) is 7.97. The van der Waals surface area contributed by atoms with Crippen LogP contribution in [0.15, 0.2) is 53.4 Å². The largest absolute Gasteiger partial charge is 0.348 e. The van der Waals surface area contributed by atoms with E-state index in [-0.39, 0.29) is 22.9 Å². The molecule has 0 aromatic heterocycles. The van der Waals surface area contributed by atoms with E-state index in [2.05, 4.69) is 5.32 Å². The van der Waals surface area contributed by atoms with E-state index in [4.69, 9.17) is 0 Å². The molecule has 1 N–H and O–H groups in total. The molecule has 1 fully saturated rings. The summed E-state index contributed by atoms with van der Waals surface area (Å²) in [7, 11) is -3.45. The van der Waals surface area contributed by atoms with Gasteiger partial charge >= 0.3 is 0 Å². The minimum Gasteiger partial charge on any atom is -0.348 e. The number of carbonyl (C=O) groups excluding carboxylic acids is 1. The first-order valence-electron chi connectivity index (χ1n) is 8.60. The number of benzene rings is 2. The van der Waals surface area contributed by atoms with Gasteiger partial charge in [-0.15, -0.1) is 0 Å². The van der Waals surface area contributed by atoms with Crippen LogP contribution in [0, 0.1) is 5.82 Å². The minimum atomic E-state index is -3.45. The van der Waals surface area contributed by atoms with E-state index in [9.17, 15) is 17.6 Å². The Hall–Kier alpha value is -2.25. The second-order valence-electron chi connectivity index (χ2n) is 6.30. The molecule has 7 heteroatoms. The number of sulfonamides is 1. The van der Waals surface area contributed by atoms with Crippen molar-refractivity contribution in [2.45, 2.75) is 30.7 Å². The van der Waals surface area contributed by atoms with Crippen LogP contribution in [0.2, 0.25) is 0 Å². The topological polar surface area (TPSA) is 66.5 Å². The molecule has 2 aromatic carbocycles. The van der Waals surface area contributed by atoms with Gasteiger partial charge in [0.2, 0.25) is 10.0 Å². The van der Waals surface area contributed by atoms with E-state index in [0.29, 0.717) is 13.1 Å². The van der Waals surface area contributed by atoms with Gasteiger partial charge in [0.05, 0.1) is 4.90 Å². The van der Waals surface area contributed by atoms with E-state index in [1.165, 1.54) is 28.6 Å². The Morgan fingerprint density at radius 2 is 1.73 bits per heavy atom. The van der Waals surface area contributed by atoms with Crippen LogP contribution >= 0.6 is 0 Å².